The molecule has 0 saturated carbocycles. The third kappa shape index (κ3) is 6.53. The van der Waals surface area contributed by atoms with E-state index in [1.165, 1.54) is 0 Å². The first-order valence-corrected chi connectivity index (χ1v) is 7.16. The molecule has 1 saturated heterocycles. The molecule has 0 aromatic carbocycles. The Morgan fingerprint density at radius 1 is 1.35 bits per heavy atom. The lowest BCUT2D eigenvalue weighted by Gasteiger charge is -2.22. The lowest BCUT2D eigenvalue weighted by Crippen LogP contribution is -2.49. The summed E-state index contributed by atoms with van der Waals surface area (Å²) in [7, 11) is 0. The van der Waals surface area contributed by atoms with Gasteiger partial charge in [-0.2, -0.15) is 11.8 Å². The van der Waals surface area contributed by atoms with E-state index in [4.69, 9.17) is 5.11 Å². The van der Waals surface area contributed by atoms with Gasteiger partial charge in [-0.25, -0.2) is 0 Å². The van der Waals surface area contributed by atoms with E-state index in [9.17, 15) is 9.59 Å². The van der Waals surface area contributed by atoms with Gasteiger partial charge in [0.1, 0.15) is 0 Å². The quantitative estimate of drug-likeness (QED) is 0.579. The van der Waals surface area contributed by atoms with E-state index in [0.29, 0.717) is 13.0 Å². The van der Waals surface area contributed by atoms with Crippen molar-refractivity contribution in [1.82, 2.24) is 10.6 Å². The molecule has 17 heavy (non-hydrogen) atoms. The molecular weight excluding hydrogens is 240 g/mol. The smallest absolute Gasteiger partial charge is 0.303 e. The number of thioether (sulfide) groups is 1. The molecule has 1 aliphatic rings. The summed E-state index contributed by atoms with van der Waals surface area (Å²) in [6, 6.07) is -0.0623. The highest BCUT2D eigenvalue weighted by Crippen LogP contribution is 2.07. The van der Waals surface area contributed by atoms with E-state index in [1.807, 2.05) is 0 Å². The highest BCUT2D eigenvalue weighted by atomic mass is 32.2. The maximum absolute atomic E-state index is 11.7. The second-order valence-electron chi connectivity index (χ2n) is 4.08. The number of aliphatic carboxylic acids is 1. The van der Waals surface area contributed by atoms with Gasteiger partial charge in [0, 0.05) is 31.0 Å². The van der Waals surface area contributed by atoms with E-state index in [1.54, 1.807) is 11.8 Å². The molecule has 1 heterocycles. The van der Waals surface area contributed by atoms with Crippen molar-refractivity contribution in [2.45, 2.75) is 31.7 Å². The van der Waals surface area contributed by atoms with E-state index in [0.717, 1.165) is 30.9 Å². The summed E-state index contributed by atoms with van der Waals surface area (Å²) in [5.74, 6) is 1.22. The Hall–Kier alpha value is -0.750. The van der Waals surface area contributed by atoms with Gasteiger partial charge >= 0.3 is 5.97 Å². The number of carboxylic acids is 1. The average Bonchev–Trinajstić information content (AvgIpc) is 2.34. The predicted octanol–water partition coefficient (Wildman–Crippen LogP) is 0.453. The van der Waals surface area contributed by atoms with Gasteiger partial charge in [-0.15, -0.1) is 0 Å². The van der Waals surface area contributed by atoms with Gasteiger partial charge in [-0.05, 0) is 12.8 Å². The van der Waals surface area contributed by atoms with Crippen LogP contribution >= 0.6 is 11.8 Å². The molecule has 1 aliphatic heterocycles. The molecule has 1 amide bonds. The Morgan fingerprint density at radius 3 is 2.82 bits per heavy atom. The SMILES string of the molecule is O=C(O)CCCCCNC(=O)C1CSCCN1. The molecule has 1 unspecified atom stereocenters. The number of hydrogen-bond donors (Lipinski definition) is 3. The van der Waals surface area contributed by atoms with Gasteiger partial charge in [0.05, 0.1) is 6.04 Å². The third-order valence-electron chi connectivity index (χ3n) is 2.60. The highest BCUT2D eigenvalue weighted by Gasteiger charge is 2.19. The third-order valence-corrected chi connectivity index (χ3v) is 3.67. The lowest BCUT2D eigenvalue weighted by molar-refractivity contribution is -0.137. The summed E-state index contributed by atoms with van der Waals surface area (Å²) in [5, 5.41) is 14.5. The highest BCUT2D eigenvalue weighted by molar-refractivity contribution is 7.99. The van der Waals surface area contributed by atoms with Crippen molar-refractivity contribution >= 4 is 23.6 Å². The standard InChI is InChI=1S/C11H20N2O3S/c14-10(15)4-2-1-3-5-13-11(16)9-8-17-7-6-12-9/h9,12H,1-8H2,(H,13,16)(H,14,15). The molecule has 6 heteroatoms. The van der Waals surface area contributed by atoms with E-state index in [2.05, 4.69) is 10.6 Å². The van der Waals surface area contributed by atoms with Crippen LogP contribution in [-0.2, 0) is 9.59 Å². The number of nitrogens with one attached hydrogen (secondary N) is 2. The molecule has 1 rings (SSSR count). The van der Waals surface area contributed by atoms with Crippen LogP contribution in [-0.4, -0.2) is 47.6 Å². The van der Waals surface area contributed by atoms with E-state index in [-0.39, 0.29) is 18.4 Å². The van der Waals surface area contributed by atoms with Gasteiger partial charge in [-0.3, -0.25) is 9.59 Å². The van der Waals surface area contributed by atoms with Crippen LogP contribution in [0.3, 0.4) is 0 Å². The molecule has 98 valence electrons. The van der Waals surface area contributed by atoms with Crippen LogP contribution in [0, 0.1) is 0 Å². The number of hydrogen-bond acceptors (Lipinski definition) is 4. The molecule has 0 aliphatic carbocycles. The van der Waals surface area contributed by atoms with Crippen molar-refractivity contribution in [1.29, 1.82) is 0 Å². The molecule has 0 bridgehead atoms. The first-order chi connectivity index (χ1) is 8.20. The maximum atomic E-state index is 11.7. The predicted molar refractivity (Wildman–Crippen MR) is 68.2 cm³/mol. The van der Waals surface area contributed by atoms with Gasteiger partial charge in [0.2, 0.25) is 5.91 Å². The van der Waals surface area contributed by atoms with Crippen LogP contribution in [0.5, 0.6) is 0 Å². The molecule has 5 nitrogen and oxygen atoms in total. The number of carbonyl (C=O) groups is 2. The first-order valence-electron chi connectivity index (χ1n) is 6.01. The van der Waals surface area contributed by atoms with E-state index >= 15 is 0 Å². The van der Waals surface area contributed by atoms with Gasteiger partial charge in [0.15, 0.2) is 0 Å². The number of amides is 1. The topological polar surface area (TPSA) is 78.4 Å². The Kier molecular flexibility index (Phi) is 7.04. The zero-order chi connectivity index (χ0) is 12.5. The van der Waals surface area contributed by atoms with Crippen molar-refractivity contribution < 1.29 is 14.7 Å². The molecule has 3 N–H and O–H groups in total. The zero-order valence-electron chi connectivity index (χ0n) is 9.91. The summed E-state index contributed by atoms with van der Waals surface area (Å²) in [6.07, 6.45) is 2.59. The lowest BCUT2D eigenvalue weighted by atomic mass is 10.2. The Morgan fingerprint density at radius 2 is 2.18 bits per heavy atom. The summed E-state index contributed by atoms with van der Waals surface area (Å²) >= 11 is 1.79. The summed E-state index contributed by atoms with van der Waals surface area (Å²) < 4.78 is 0. The number of unbranched alkanes of at least 4 members (excludes halogenated alkanes) is 2. The Bertz CT molecular complexity index is 255. The van der Waals surface area contributed by atoms with Crippen LogP contribution in [0.4, 0.5) is 0 Å². The fourth-order valence-corrected chi connectivity index (χ4v) is 2.58. The fraction of sp³-hybridized carbons (Fsp3) is 0.818. The Balaban J connectivity index is 1.98. The van der Waals surface area contributed by atoms with Gasteiger partial charge in [-0.1, -0.05) is 6.42 Å². The second kappa shape index (κ2) is 8.36. The van der Waals surface area contributed by atoms with Gasteiger partial charge in [0.25, 0.3) is 0 Å². The zero-order valence-corrected chi connectivity index (χ0v) is 10.7. The number of carbonyl (C=O) groups excluding carboxylic acids is 1. The molecule has 0 aromatic heterocycles. The number of carboxylic acid groups (broad SMARTS) is 1. The van der Waals surface area contributed by atoms with Crippen LogP contribution in [0.1, 0.15) is 25.7 Å². The molecule has 1 atom stereocenters. The largest absolute Gasteiger partial charge is 0.481 e. The van der Waals surface area contributed by atoms with Crippen molar-refractivity contribution in [3.63, 3.8) is 0 Å². The van der Waals surface area contributed by atoms with Crippen molar-refractivity contribution in [3.05, 3.63) is 0 Å². The summed E-state index contributed by atoms with van der Waals surface area (Å²) in [6.45, 7) is 1.53. The maximum Gasteiger partial charge on any atom is 0.303 e. The molecular formula is C11H20N2O3S. The average molecular weight is 260 g/mol. The fourth-order valence-electron chi connectivity index (χ4n) is 1.65. The van der Waals surface area contributed by atoms with Crippen molar-refractivity contribution in [2.75, 3.05) is 24.6 Å². The molecule has 0 aromatic rings. The van der Waals surface area contributed by atoms with Crippen molar-refractivity contribution in [2.24, 2.45) is 0 Å². The van der Waals surface area contributed by atoms with Crippen molar-refractivity contribution in [3.8, 4) is 0 Å². The minimum absolute atomic E-state index is 0.0623. The monoisotopic (exact) mass is 260 g/mol. The van der Waals surface area contributed by atoms with Crippen LogP contribution < -0.4 is 10.6 Å². The molecule has 1 fully saturated rings. The van der Waals surface area contributed by atoms with E-state index < -0.39 is 5.97 Å². The second-order valence-corrected chi connectivity index (χ2v) is 5.23. The minimum atomic E-state index is -0.752. The molecule has 0 radical (unpaired) electrons. The first kappa shape index (κ1) is 14.3. The normalized spacial score (nSPS) is 19.9. The minimum Gasteiger partial charge on any atom is -0.481 e. The van der Waals surface area contributed by atoms with Crippen LogP contribution in [0.2, 0.25) is 0 Å². The molecule has 0 spiro atoms. The summed E-state index contributed by atoms with van der Waals surface area (Å²) in [4.78, 5) is 21.9. The Labute approximate surface area is 106 Å². The van der Waals surface area contributed by atoms with Crippen LogP contribution in [0.25, 0.3) is 0 Å². The van der Waals surface area contributed by atoms with Crippen LogP contribution in [0.15, 0.2) is 0 Å². The number of rotatable bonds is 7. The summed E-state index contributed by atoms with van der Waals surface area (Å²) in [5.41, 5.74) is 0. The van der Waals surface area contributed by atoms with Gasteiger partial charge < -0.3 is 15.7 Å².